The molecule has 0 radical (unpaired) electrons. The Bertz CT molecular complexity index is 619. The van der Waals surface area contributed by atoms with Crippen LogP contribution in [0, 0.1) is 0 Å². The molecule has 0 saturated carbocycles. The molecule has 0 aliphatic carbocycles. The number of rotatable bonds is 2. The molecule has 1 atom stereocenters. The highest BCUT2D eigenvalue weighted by Gasteiger charge is 2.22. The van der Waals surface area contributed by atoms with E-state index in [2.05, 4.69) is 70.9 Å². The lowest BCUT2D eigenvalue weighted by Gasteiger charge is -2.29. The first-order valence-electron chi connectivity index (χ1n) is 7.79. The highest BCUT2D eigenvalue weighted by Crippen LogP contribution is 2.36. The first kappa shape index (κ1) is 12.7. The fraction of sp³-hybridized carbons (Fsp3) is 0.263. The average molecular weight is 276 g/mol. The number of nitrogens with zero attached hydrogens (tertiary/aromatic N) is 1. The maximum absolute atomic E-state index is 3.62. The van der Waals surface area contributed by atoms with Crippen LogP contribution in [0.2, 0.25) is 0 Å². The molecule has 1 saturated heterocycles. The zero-order valence-electron chi connectivity index (χ0n) is 12.1. The molecule has 2 aromatic rings. The molecule has 1 N–H and O–H groups in total. The molecule has 2 heteroatoms. The van der Waals surface area contributed by atoms with Gasteiger partial charge in [0, 0.05) is 24.0 Å². The van der Waals surface area contributed by atoms with Crippen molar-refractivity contribution in [3.05, 3.63) is 59.7 Å². The zero-order valence-corrected chi connectivity index (χ0v) is 12.1. The standard InChI is InChI=1S/C19H20N2/c1-3-9-18-15(6-1)11-12-16-7-2-4-10-19(16)21(18)14-17-8-5-13-20-17/h1-4,6-7,9-12,17,20H,5,8,13-14H2. The molecule has 2 aliphatic rings. The summed E-state index contributed by atoms with van der Waals surface area (Å²) in [6, 6.07) is 18.0. The van der Waals surface area contributed by atoms with Gasteiger partial charge in [0.05, 0.1) is 0 Å². The number of fused-ring (bicyclic) bond motifs is 2. The summed E-state index contributed by atoms with van der Waals surface area (Å²) in [5.41, 5.74) is 5.22. The Morgan fingerprint density at radius 2 is 1.52 bits per heavy atom. The molecule has 2 aromatic carbocycles. The molecule has 4 rings (SSSR count). The number of anilines is 2. The first-order chi connectivity index (χ1) is 10.4. The van der Waals surface area contributed by atoms with E-state index in [1.165, 1.54) is 35.3 Å². The van der Waals surface area contributed by atoms with Crippen LogP contribution >= 0.6 is 0 Å². The van der Waals surface area contributed by atoms with Crippen LogP contribution in [0.3, 0.4) is 0 Å². The van der Waals surface area contributed by atoms with E-state index in [-0.39, 0.29) is 0 Å². The van der Waals surface area contributed by atoms with Gasteiger partial charge in [-0.25, -0.2) is 0 Å². The van der Waals surface area contributed by atoms with Crippen molar-refractivity contribution in [1.29, 1.82) is 0 Å². The highest BCUT2D eigenvalue weighted by molar-refractivity contribution is 5.88. The van der Waals surface area contributed by atoms with Gasteiger partial charge in [-0.05, 0) is 42.6 Å². The molecule has 0 spiro atoms. The van der Waals surface area contributed by atoms with Crippen molar-refractivity contribution in [3.63, 3.8) is 0 Å². The Kier molecular flexibility index (Phi) is 3.24. The summed E-state index contributed by atoms with van der Waals surface area (Å²) in [6.45, 7) is 2.19. The fourth-order valence-electron chi connectivity index (χ4n) is 3.39. The Labute approximate surface area is 126 Å². The van der Waals surface area contributed by atoms with E-state index < -0.39 is 0 Å². The molecule has 2 heterocycles. The quantitative estimate of drug-likeness (QED) is 0.890. The lowest BCUT2D eigenvalue weighted by atomic mass is 10.1. The Balaban J connectivity index is 1.80. The Hall–Kier alpha value is -2.06. The van der Waals surface area contributed by atoms with Gasteiger partial charge in [-0.1, -0.05) is 48.6 Å². The second-order valence-corrected chi connectivity index (χ2v) is 5.85. The van der Waals surface area contributed by atoms with Gasteiger partial charge in [0.15, 0.2) is 0 Å². The third-order valence-corrected chi connectivity index (χ3v) is 4.46. The summed E-state index contributed by atoms with van der Waals surface area (Å²) in [4.78, 5) is 2.48. The molecule has 2 nitrogen and oxygen atoms in total. The van der Waals surface area contributed by atoms with Crippen molar-refractivity contribution in [2.45, 2.75) is 18.9 Å². The first-order valence-corrected chi connectivity index (χ1v) is 7.79. The minimum atomic E-state index is 0.587. The minimum absolute atomic E-state index is 0.587. The van der Waals surface area contributed by atoms with E-state index in [4.69, 9.17) is 0 Å². The second-order valence-electron chi connectivity index (χ2n) is 5.85. The SMILES string of the molecule is C1=Cc2ccccc2N(CC2CCCN2)c2ccccc21. The predicted octanol–water partition coefficient (Wildman–Crippen LogP) is 4.06. The molecular weight excluding hydrogens is 256 g/mol. The smallest absolute Gasteiger partial charge is 0.0485 e. The van der Waals surface area contributed by atoms with E-state index in [1.807, 2.05) is 0 Å². The topological polar surface area (TPSA) is 15.3 Å². The van der Waals surface area contributed by atoms with Crippen LogP contribution in [0.1, 0.15) is 24.0 Å². The highest BCUT2D eigenvalue weighted by atomic mass is 15.2. The summed E-state index contributed by atoms with van der Waals surface area (Å²) >= 11 is 0. The van der Waals surface area contributed by atoms with Gasteiger partial charge in [0.2, 0.25) is 0 Å². The summed E-state index contributed by atoms with van der Waals surface area (Å²) in [5, 5.41) is 3.62. The van der Waals surface area contributed by atoms with Crippen LogP contribution in [0.15, 0.2) is 48.5 Å². The van der Waals surface area contributed by atoms with E-state index >= 15 is 0 Å². The molecule has 1 unspecified atom stereocenters. The number of hydrogen-bond donors (Lipinski definition) is 1. The monoisotopic (exact) mass is 276 g/mol. The van der Waals surface area contributed by atoms with Crippen LogP contribution in [-0.2, 0) is 0 Å². The number of para-hydroxylation sites is 2. The average Bonchev–Trinajstić information content (AvgIpc) is 2.99. The lowest BCUT2D eigenvalue weighted by molar-refractivity contribution is 0.608. The maximum atomic E-state index is 3.62. The Morgan fingerprint density at radius 3 is 2.10 bits per heavy atom. The normalized spacial score (nSPS) is 20.0. The minimum Gasteiger partial charge on any atom is -0.339 e. The van der Waals surface area contributed by atoms with Crippen LogP contribution in [0.5, 0.6) is 0 Å². The summed E-state index contributed by atoms with van der Waals surface area (Å²) < 4.78 is 0. The molecular formula is C19H20N2. The van der Waals surface area contributed by atoms with E-state index in [0.717, 1.165) is 13.1 Å². The molecule has 21 heavy (non-hydrogen) atoms. The number of benzene rings is 2. The van der Waals surface area contributed by atoms with Crippen molar-refractivity contribution >= 4 is 23.5 Å². The van der Waals surface area contributed by atoms with Gasteiger partial charge < -0.3 is 10.2 Å². The lowest BCUT2D eigenvalue weighted by Crippen LogP contribution is -2.35. The van der Waals surface area contributed by atoms with E-state index in [1.54, 1.807) is 0 Å². The predicted molar refractivity (Wildman–Crippen MR) is 89.8 cm³/mol. The number of hydrogen-bond acceptors (Lipinski definition) is 2. The molecule has 0 amide bonds. The van der Waals surface area contributed by atoms with Gasteiger partial charge in [0.1, 0.15) is 0 Å². The van der Waals surface area contributed by atoms with Crippen LogP contribution < -0.4 is 10.2 Å². The van der Waals surface area contributed by atoms with Crippen molar-refractivity contribution in [2.24, 2.45) is 0 Å². The van der Waals surface area contributed by atoms with Gasteiger partial charge >= 0.3 is 0 Å². The van der Waals surface area contributed by atoms with Crippen molar-refractivity contribution < 1.29 is 0 Å². The molecule has 2 aliphatic heterocycles. The van der Waals surface area contributed by atoms with Gasteiger partial charge in [-0.2, -0.15) is 0 Å². The number of nitrogens with one attached hydrogen (secondary N) is 1. The second kappa shape index (κ2) is 5.38. The fourth-order valence-corrected chi connectivity index (χ4v) is 3.39. The summed E-state index contributed by atoms with van der Waals surface area (Å²) in [5.74, 6) is 0. The molecule has 106 valence electrons. The maximum Gasteiger partial charge on any atom is 0.0485 e. The van der Waals surface area contributed by atoms with E-state index in [0.29, 0.717) is 6.04 Å². The summed E-state index contributed by atoms with van der Waals surface area (Å²) in [6.07, 6.45) is 7.03. The van der Waals surface area contributed by atoms with Gasteiger partial charge in [-0.3, -0.25) is 0 Å². The van der Waals surface area contributed by atoms with Gasteiger partial charge in [-0.15, -0.1) is 0 Å². The van der Waals surface area contributed by atoms with Gasteiger partial charge in [0.25, 0.3) is 0 Å². The van der Waals surface area contributed by atoms with Crippen LogP contribution in [0.4, 0.5) is 11.4 Å². The third-order valence-electron chi connectivity index (χ3n) is 4.46. The molecule has 0 bridgehead atoms. The van der Waals surface area contributed by atoms with Crippen molar-refractivity contribution in [3.8, 4) is 0 Å². The molecule has 1 fully saturated rings. The third kappa shape index (κ3) is 2.36. The van der Waals surface area contributed by atoms with Crippen molar-refractivity contribution in [1.82, 2.24) is 5.32 Å². The van der Waals surface area contributed by atoms with Crippen LogP contribution in [0.25, 0.3) is 12.2 Å². The van der Waals surface area contributed by atoms with Crippen LogP contribution in [-0.4, -0.2) is 19.1 Å². The largest absolute Gasteiger partial charge is 0.339 e. The van der Waals surface area contributed by atoms with E-state index in [9.17, 15) is 0 Å². The summed E-state index contributed by atoms with van der Waals surface area (Å²) in [7, 11) is 0. The zero-order chi connectivity index (χ0) is 14.1. The Morgan fingerprint density at radius 1 is 0.905 bits per heavy atom. The molecule has 0 aromatic heterocycles. The van der Waals surface area contributed by atoms with Crippen molar-refractivity contribution in [2.75, 3.05) is 18.0 Å².